The molecule has 5 heteroatoms. The van der Waals surface area contributed by atoms with Crippen LogP contribution in [-0.4, -0.2) is 42.7 Å². The van der Waals surface area contributed by atoms with Gasteiger partial charge in [0.2, 0.25) is 0 Å². The first-order valence-electron chi connectivity index (χ1n) is 6.29. The number of aromatic nitrogens is 1. The number of thiazole rings is 1. The Morgan fingerprint density at radius 2 is 2.47 bits per heavy atom. The van der Waals surface area contributed by atoms with Crippen LogP contribution in [0.25, 0.3) is 0 Å². The molecule has 0 spiro atoms. The van der Waals surface area contributed by atoms with Crippen molar-refractivity contribution in [3.05, 3.63) is 16.1 Å². The van der Waals surface area contributed by atoms with Gasteiger partial charge in [0.1, 0.15) is 11.1 Å². The van der Waals surface area contributed by atoms with Crippen LogP contribution in [0.15, 0.2) is 6.20 Å². The van der Waals surface area contributed by atoms with Crippen molar-refractivity contribution < 1.29 is 4.74 Å². The number of hydrogen-bond acceptors (Lipinski definition) is 5. The summed E-state index contributed by atoms with van der Waals surface area (Å²) in [6.07, 6.45) is 4.84. The minimum atomic E-state index is 0.174. The van der Waals surface area contributed by atoms with Gasteiger partial charge < -0.3 is 15.0 Å². The third-order valence-corrected chi connectivity index (χ3v) is 4.35. The maximum absolute atomic E-state index is 5.77. The van der Waals surface area contributed by atoms with Crippen molar-refractivity contribution in [2.75, 3.05) is 26.7 Å². The second-order valence-electron chi connectivity index (χ2n) is 4.94. The van der Waals surface area contributed by atoms with Crippen LogP contribution in [-0.2, 0) is 11.3 Å². The number of rotatable bonds is 4. The predicted molar refractivity (Wildman–Crippen MR) is 68.2 cm³/mol. The Morgan fingerprint density at radius 3 is 3.24 bits per heavy atom. The van der Waals surface area contributed by atoms with Crippen LogP contribution in [0.4, 0.5) is 0 Å². The van der Waals surface area contributed by atoms with E-state index in [9.17, 15) is 0 Å². The topological polar surface area (TPSA) is 37.4 Å². The quantitative estimate of drug-likeness (QED) is 0.880. The third-order valence-electron chi connectivity index (χ3n) is 3.26. The van der Waals surface area contributed by atoms with Crippen molar-refractivity contribution in [3.8, 4) is 0 Å². The summed E-state index contributed by atoms with van der Waals surface area (Å²) in [6, 6.07) is 0.762. The average molecular weight is 253 g/mol. The largest absolute Gasteiger partial charge is 0.368 e. The molecule has 3 rings (SSSR count). The van der Waals surface area contributed by atoms with E-state index in [1.807, 2.05) is 6.20 Å². The molecule has 1 atom stereocenters. The van der Waals surface area contributed by atoms with Gasteiger partial charge in [0.05, 0.1) is 6.61 Å². The lowest BCUT2D eigenvalue weighted by Crippen LogP contribution is -2.35. The summed E-state index contributed by atoms with van der Waals surface area (Å²) in [7, 11) is 2.14. The molecule has 1 aliphatic carbocycles. The monoisotopic (exact) mass is 253 g/mol. The van der Waals surface area contributed by atoms with Gasteiger partial charge in [0, 0.05) is 36.8 Å². The highest BCUT2D eigenvalue weighted by atomic mass is 32.1. The van der Waals surface area contributed by atoms with E-state index in [0.717, 1.165) is 37.3 Å². The summed E-state index contributed by atoms with van der Waals surface area (Å²) in [5.74, 6) is 0. The lowest BCUT2D eigenvalue weighted by Gasteiger charge is -2.28. The summed E-state index contributed by atoms with van der Waals surface area (Å²) in [4.78, 5) is 8.13. The second-order valence-corrected chi connectivity index (χ2v) is 6.09. The zero-order valence-electron chi connectivity index (χ0n) is 10.2. The van der Waals surface area contributed by atoms with Crippen molar-refractivity contribution in [3.63, 3.8) is 0 Å². The van der Waals surface area contributed by atoms with Gasteiger partial charge in [-0.15, -0.1) is 11.3 Å². The normalized spacial score (nSPS) is 26.3. The molecule has 2 fully saturated rings. The Balaban J connectivity index is 1.58. The Labute approximate surface area is 106 Å². The summed E-state index contributed by atoms with van der Waals surface area (Å²) >= 11 is 1.79. The van der Waals surface area contributed by atoms with E-state index in [4.69, 9.17) is 4.74 Å². The molecule has 1 aromatic heterocycles. The first-order chi connectivity index (χ1) is 8.31. The van der Waals surface area contributed by atoms with E-state index < -0.39 is 0 Å². The Bertz CT molecular complexity index is 378. The maximum Gasteiger partial charge on any atom is 0.123 e. The third kappa shape index (κ3) is 3.04. The van der Waals surface area contributed by atoms with Crippen LogP contribution in [0.2, 0.25) is 0 Å². The summed E-state index contributed by atoms with van der Waals surface area (Å²) in [5.41, 5.74) is 0. The Morgan fingerprint density at radius 1 is 1.59 bits per heavy atom. The van der Waals surface area contributed by atoms with E-state index in [1.165, 1.54) is 17.7 Å². The number of nitrogens with zero attached hydrogens (tertiary/aromatic N) is 2. The molecular weight excluding hydrogens is 234 g/mol. The average Bonchev–Trinajstić information content (AvgIpc) is 3.04. The molecule has 2 aliphatic rings. The molecule has 1 saturated heterocycles. The Hall–Kier alpha value is -0.490. The molecule has 1 saturated carbocycles. The molecular formula is C12H19N3OS. The molecule has 0 bridgehead atoms. The smallest absolute Gasteiger partial charge is 0.123 e. The lowest BCUT2D eigenvalue weighted by atomic mass is 10.3. The van der Waals surface area contributed by atoms with Crippen molar-refractivity contribution in [2.24, 2.45) is 0 Å². The molecule has 2 heterocycles. The van der Waals surface area contributed by atoms with Crippen LogP contribution in [0.3, 0.4) is 0 Å². The highest BCUT2D eigenvalue weighted by Crippen LogP contribution is 2.26. The predicted octanol–water partition coefficient (Wildman–Crippen LogP) is 1.40. The van der Waals surface area contributed by atoms with Crippen LogP contribution in [0.5, 0.6) is 0 Å². The van der Waals surface area contributed by atoms with Crippen LogP contribution >= 0.6 is 11.3 Å². The number of likely N-dealkylation sites (N-methyl/N-ethyl adjacent to an activating group) is 1. The van der Waals surface area contributed by atoms with Crippen molar-refractivity contribution >= 4 is 11.3 Å². The van der Waals surface area contributed by atoms with Gasteiger partial charge in [-0.3, -0.25) is 0 Å². The van der Waals surface area contributed by atoms with Crippen molar-refractivity contribution in [1.82, 2.24) is 15.2 Å². The molecule has 0 aromatic carbocycles. The van der Waals surface area contributed by atoms with Crippen molar-refractivity contribution in [1.29, 1.82) is 0 Å². The van der Waals surface area contributed by atoms with Crippen LogP contribution < -0.4 is 5.32 Å². The molecule has 4 nitrogen and oxygen atoms in total. The molecule has 94 valence electrons. The van der Waals surface area contributed by atoms with Gasteiger partial charge >= 0.3 is 0 Å². The van der Waals surface area contributed by atoms with E-state index in [-0.39, 0.29) is 6.10 Å². The Kier molecular flexibility index (Phi) is 3.42. The maximum atomic E-state index is 5.77. The SMILES string of the molecule is CN1CCOC(c2ncc(CNC3CC3)s2)C1. The van der Waals surface area contributed by atoms with Gasteiger partial charge in [-0.1, -0.05) is 0 Å². The fraction of sp³-hybridized carbons (Fsp3) is 0.750. The summed E-state index contributed by atoms with van der Waals surface area (Å²) in [5, 5.41) is 4.65. The van der Waals surface area contributed by atoms with Crippen molar-refractivity contribution in [2.45, 2.75) is 31.5 Å². The first-order valence-corrected chi connectivity index (χ1v) is 7.11. The number of hydrogen-bond donors (Lipinski definition) is 1. The van der Waals surface area contributed by atoms with Gasteiger partial charge in [0.15, 0.2) is 0 Å². The van der Waals surface area contributed by atoms with E-state index in [0.29, 0.717) is 0 Å². The zero-order valence-corrected chi connectivity index (χ0v) is 11.0. The fourth-order valence-corrected chi connectivity index (χ4v) is 2.92. The minimum Gasteiger partial charge on any atom is -0.368 e. The minimum absolute atomic E-state index is 0.174. The molecule has 1 unspecified atom stereocenters. The van der Waals surface area contributed by atoms with Gasteiger partial charge in [0.25, 0.3) is 0 Å². The highest BCUT2D eigenvalue weighted by Gasteiger charge is 2.23. The van der Waals surface area contributed by atoms with E-state index >= 15 is 0 Å². The highest BCUT2D eigenvalue weighted by molar-refractivity contribution is 7.11. The van der Waals surface area contributed by atoms with Crippen LogP contribution in [0, 0.1) is 0 Å². The number of morpholine rings is 1. The number of nitrogens with one attached hydrogen (secondary N) is 1. The molecule has 0 radical (unpaired) electrons. The molecule has 1 aromatic rings. The van der Waals surface area contributed by atoms with Gasteiger partial charge in [-0.05, 0) is 19.9 Å². The fourth-order valence-electron chi connectivity index (χ4n) is 2.01. The standard InChI is InChI=1S/C12H19N3OS/c1-15-4-5-16-11(8-15)12-14-7-10(17-12)6-13-9-2-3-9/h7,9,11,13H,2-6,8H2,1H3. The van der Waals surface area contributed by atoms with Crippen LogP contribution in [0.1, 0.15) is 28.8 Å². The summed E-state index contributed by atoms with van der Waals surface area (Å²) < 4.78 is 5.77. The molecule has 0 amide bonds. The molecule has 17 heavy (non-hydrogen) atoms. The van der Waals surface area contributed by atoms with E-state index in [2.05, 4.69) is 22.2 Å². The second kappa shape index (κ2) is 5.02. The van der Waals surface area contributed by atoms with Gasteiger partial charge in [-0.2, -0.15) is 0 Å². The van der Waals surface area contributed by atoms with Gasteiger partial charge in [-0.25, -0.2) is 4.98 Å². The molecule has 1 N–H and O–H groups in total. The first kappa shape index (κ1) is 11.6. The zero-order chi connectivity index (χ0) is 11.7. The number of ether oxygens (including phenoxy) is 1. The van der Waals surface area contributed by atoms with E-state index in [1.54, 1.807) is 11.3 Å². The lowest BCUT2D eigenvalue weighted by molar-refractivity contribution is -0.0209. The summed E-state index contributed by atoms with van der Waals surface area (Å²) in [6.45, 7) is 3.77. The molecule has 1 aliphatic heterocycles.